The Balaban J connectivity index is 1.36. The van der Waals surface area contributed by atoms with Crippen molar-refractivity contribution in [3.63, 3.8) is 0 Å². The molecule has 0 amide bonds. The molecule has 6 nitrogen and oxygen atoms in total. The maximum atomic E-state index is 9.76. The minimum absolute atomic E-state index is 0.253. The Morgan fingerprint density at radius 3 is 2.85 bits per heavy atom. The predicted molar refractivity (Wildman–Crippen MR) is 142 cm³/mol. The fourth-order valence-corrected chi connectivity index (χ4v) is 6.04. The van der Waals surface area contributed by atoms with Gasteiger partial charge in [-0.15, -0.1) is 22.7 Å². The van der Waals surface area contributed by atoms with Gasteiger partial charge in [0.15, 0.2) is 0 Å². The maximum Gasteiger partial charge on any atom is 0.145 e. The molecule has 2 N–H and O–H groups in total. The molecule has 1 unspecified atom stereocenters. The van der Waals surface area contributed by atoms with Crippen molar-refractivity contribution >= 4 is 50.2 Å². The van der Waals surface area contributed by atoms with Crippen LogP contribution in [0.15, 0.2) is 41.8 Å². The Hall–Kier alpha value is -2.23. The van der Waals surface area contributed by atoms with E-state index in [9.17, 15) is 5.11 Å². The number of anilines is 1. The number of nitrogens with zero attached hydrogens (tertiary/aromatic N) is 3. The Bertz CT molecular complexity index is 1270. The van der Waals surface area contributed by atoms with Gasteiger partial charge in [-0.25, -0.2) is 9.97 Å². The van der Waals surface area contributed by atoms with E-state index in [0.29, 0.717) is 0 Å². The average Bonchev–Trinajstić information content (AvgIpc) is 3.43. The number of hydrogen-bond donors (Lipinski definition) is 2. The molecule has 3 heterocycles. The van der Waals surface area contributed by atoms with E-state index in [1.54, 1.807) is 29.6 Å². The molecule has 1 fully saturated rings. The zero-order chi connectivity index (χ0) is 23.7. The number of nitrogens with one attached hydrogen (secondary N) is 1. The maximum absolute atomic E-state index is 9.76. The van der Waals surface area contributed by atoms with Crippen LogP contribution >= 0.6 is 34.3 Å². The Labute approximate surface area is 212 Å². The lowest BCUT2D eigenvalue weighted by atomic mass is 10.1. The number of hydrogen-bond acceptors (Lipinski definition) is 8. The van der Waals surface area contributed by atoms with Gasteiger partial charge in [-0.05, 0) is 38.1 Å². The molecule has 0 saturated carbocycles. The molecular formula is C25H27ClN4O2S2. The number of ether oxygens (including phenoxy) is 1. The Morgan fingerprint density at radius 1 is 1.24 bits per heavy atom. The van der Waals surface area contributed by atoms with Gasteiger partial charge >= 0.3 is 0 Å². The lowest BCUT2D eigenvalue weighted by Crippen LogP contribution is -2.51. The van der Waals surface area contributed by atoms with Gasteiger partial charge in [0.05, 0.1) is 21.5 Å². The van der Waals surface area contributed by atoms with Gasteiger partial charge in [-0.2, -0.15) is 0 Å². The third-order valence-electron chi connectivity index (χ3n) is 5.75. The van der Waals surface area contributed by atoms with Gasteiger partial charge in [0.25, 0.3) is 0 Å². The zero-order valence-electron chi connectivity index (χ0n) is 19.1. The van der Waals surface area contributed by atoms with Crippen molar-refractivity contribution in [2.45, 2.75) is 32.4 Å². The van der Waals surface area contributed by atoms with Gasteiger partial charge in [0, 0.05) is 48.1 Å². The van der Waals surface area contributed by atoms with Crippen LogP contribution in [0.3, 0.4) is 0 Å². The first-order chi connectivity index (χ1) is 16.5. The summed E-state index contributed by atoms with van der Waals surface area (Å²) in [6.07, 6.45) is 0.312. The average molecular weight is 515 g/mol. The van der Waals surface area contributed by atoms with Crippen molar-refractivity contribution in [3.8, 4) is 16.3 Å². The molecule has 0 bridgehead atoms. The van der Waals surface area contributed by atoms with Gasteiger partial charge in [0.1, 0.15) is 28.6 Å². The number of aliphatic hydroxyl groups is 1. The number of rotatable bonds is 7. The first kappa shape index (κ1) is 23.5. The second-order valence-electron chi connectivity index (χ2n) is 8.60. The number of aryl methyl sites for hydroxylation is 1. The highest BCUT2D eigenvalue weighted by atomic mass is 35.5. The fourth-order valence-electron chi connectivity index (χ4n) is 4.25. The van der Waals surface area contributed by atoms with E-state index in [1.807, 2.05) is 37.3 Å². The molecule has 5 rings (SSSR count). The summed E-state index contributed by atoms with van der Waals surface area (Å²) in [4.78, 5) is 12.1. The molecule has 1 aliphatic heterocycles. The van der Waals surface area contributed by atoms with Crippen LogP contribution < -0.4 is 15.0 Å². The SMILES string of the molecule is Cc1nc2c(N3CCNC(Cc4csc(-c5ccc(Cl)cc5)n4)C3)c(OC[C@@H](C)O)ccc2s1. The van der Waals surface area contributed by atoms with Gasteiger partial charge in [-0.1, -0.05) is 23.7 Å². The third-order valence-corrected chi connectivity index (χ3v) is 7.88. The van der Waals surface area contributed by atoms with Crippen LogP contribution in [0.5, 0.6) is 5.75 Å². The number of piperazine rings is 1. The monoisotopic (exact) mass is 514 g/mol. The fraction of sp³-hybridized carbons (Fsp3) is 0.360. The molecule has 0 spiro atoms. The summed E-state index contributed by atoms with van der Waals surface area (Å²) in [5.41, 5.74) is 4.17. The van der Waals surface area contributed by atoms with Gasteiger partial charge in [-0.3, -0.25) is 0 Å². The van der Waals surface area contributed by atoms with Crippen LogP contribution in [0.1, 0.15) is 17.6 Å². The largest absolute Gasteiger partial charge is 0.489 e. The first-order valence-corrected chi connectivity index (χ1v) is 13.4. The van der Waals surface area contributed by atoms with E-state index in [-0.39, 0.29) is 12.6 Å². The standard InChI is InChI=1S/C25H27ClN4O2S2/c1-15(31)13-32-21-7-8-22-23(28-16(2)34-22)24(21)30-10-9-27-19(12-30)11-20-14-33-25(29-20)17-3-5-18(26)6-4-17/h3-8,14-15,19,27,31H,9-13H2,1-2H3/t15-,19?/m1/s1. The summed E-state index contributed by atoms with van der Waals surface area (Å²) in [6.45, 7) is 6.58. The van der Waals surface area contributed by atoms with E-state index < -0.39 is 6.10 Å². The molecule has 1 saturated heterocycles. The predicted octanol–water partition coefficient (Wildman–Crippen LogP) is 5.16. The van der Waals surface area contributed by atoms with Crippen LogP contribution in [0, 0.1) is 6.92 Å². The van der Waals surface area contributed by atoms with E-state index in [2.05, 4.69) is 21.7 Å². The molecule has 2 aromatic heterocycles. The lowest BCUT2D eigenvalue weighted by molar-refractivity contribution is 0.123. The van der Waals surface area contributed by atoms with Crippen molar-refractivity contribution in [1.82, 2.24) is 15.3 Å². The summed E-state index contributed by atoms with van der Waals surface area (Å²) in [7, 11) is 0. The molecule has 4 aromatic rings. The quantitative estimate of drug-likeness (QED) is 0.355. The molecule has 0 radical (unpaired) electrons. The first-order valence-electron chi connectivity index (χ1n) is 11.4. The highest BCUT2D eigenvalue weighted by Crippen LogP contribution is 2.39. The van der Waals surface area contributed by atoms with E-state index in [0.717, 1.165) is 74.0 Å². The number of aliphatic hydroxyl groups excluding tert-OH is 1. The van der Waals surface area contributed by atoms with E-state index >= 15 is 0 Å². The number of benzene rings is 2. The molecule has 178 valence electrons. The number of halogens is 1. The summed E-state index contributed by atoms with van der Waals surface area (Å²) < 4.78 is 7.17. The van der Waals surface area contributed by atoms with Crippen molar-refractivity contribution in [2.24, 2.45) is 0 Å². The van der Waals surface area contributed by atoms with Crippen LogP contribution in [0.25, 0.3) is 20.8 Å². The highest BCUT2D eigenvalue weighted by molar-refractivity contribution is 7.18. The number of aromatic nitrogens is 2. The molecule has 1 aliphatic rings. The van der Waals surface area contributed by atoms with Crippen molar-refractivity contribution < 1.29 is 9.84 Å². The van der Waals surface area contributed by atoms with Crippen molar-refractivity contribution in [1.29, 1.82) is 0 Å². The lowest BCUT2D eigenvalue weighted by Gasteiger charge is -2.36. The molecular weight excluding hydrogens is 488 g/mol. The third kappa shape index (κ3) is 5.21. The molecule has 34 heavy (non-hydrogen) atoms. The minimum atomic E-state index is -0.531. The van der Waals surface area contributed by atoms with Gasteiger partial charge < -0.3 is 20.1 Å². The Kier molecular flexibility index (Phi) is 7.04. The summed E-state index contributed by atoms with van der Waals surface area (Å²) in [5.74, 6) is 0.776. The van der Waals surface area contributed by atoms with Gasteiger partial charge in [0.2, 0.25) is 0 Å². The summed E-state index contributed by atoms with van der Waals surface area (Å²) >= 11 is 9.38. The normalized spacial score (nSPS) is 17.3. The topological polar surface area (TPSA) is 70.5 Å². The van der Waals surface area contributed by atoms with Crippen molar-refractivity contribution in [3.05, 3.63) is 57.5 Å². The summed E-state index contributed by atoms with van der Waals surface area (Å²) in [6, 6.07) is 12.1. The molecule has 2 atom stereocenters. The highest BCUT2D eigenvalue weighted by Gasteiger charge is 2.26. The number of fused-ring (bicyclic) bond motifs is 1. The molecule has 0 aliphatic carbocycles. The van der Waals surface area contributed by atoms with Crippen LogP contribution in [0.2, 0.25) is 5.02 Å². The number of thiazole rings is 2. The Morgan fingerprint density at radius 2 is 2.06 bits per heavy atom. The van der Waals surface area contributed by atoms with E-state index in [1.165, 1.54) is 0 Å². The van der Waals surface area contributed by atoms with E-state index in [4.69, 9.17) is 26.3 Å². The van der Waals surface area contributed by atoms with Crippen LogP contribution in [0.4, 0.5) is 5.69 Å². The van der Waals surface area contributed by atoms with Crippen LogP contribution in [-0.2, 0) is 6.42 Å². The molecule has 9 heteroatoms. The van der Waals surface area contributed by atoms with Crippen LogP contribution in [-0.4, -0.2) is 53.5 Å². The molecule has 2 aromatic carbocycles. The zero-order valence-corrected chi connectivity index (χ0v) is 21.5. The summed E-state index contributed by atoms with van der Waals surface area (Å²) in [5, 5.41) is 18.3. The second kappa shape index (κ2) is 10.2. The van der Waals surface area contributed by atoms with Crippen molar-refractivity contribution in [2.75, 3.05) is 31.1 Å². The second-order valence-corrected chi connectivity index (χ2v) is 11.1. The minimum Gasteiger partial charge on any atom is -0.489 e. The smallest absolute Gasteiger partial charge is 0.145 e.